The molecule has 19 heteroatoms. The molecule has 0 aromatic carbocycles. The Labute approximate surface area is 651 Å². The van der Waals surface area contributed by atoms with E-state index in [9.17, 15) is 43.2 Å². The summed E-state index contributed by atoms with van der Waals surface area (Å²) < 4.78 is 68.4. The van der Waals surface area contributed by atoms with E-state index in [-0.39, 0.29) is 25.7 Å². The Morgan fingerprint density at radius 2 is 0.463 bits per heavy atom. The summed E-state index contributed by atoms with van der Waals surface area (Å²) >= 11 is 0. The van der Waals surface area contributed by atoms with Gasteiger partial charge in [0.1, 0.15) is 19.3 Å². The molecule has 0 spiro atoms. The molecule has 0 saturated carbocycles. The van der Waals surface area contributed by atoms with Crippen LogP contribution < -0.4 is 0 Å². The fraction of sp³-hybridized carbons (Fsp3) is 0.528. The summed E-state index contributed by atoms with van der Waals surface area (Å²) in [6, 6.07) is 0. The van der Waals surface area contributed by atoms with Crippen LogP contribution in [0.15, 0.2) is 231 Å². The number of unbranched alkanes of at least 4 members (excludes halogenated alkanes) is 7. The van der Waals surface area contributed by atoms with Crippen LogP contribution >= 0.6 is 15.6 Å². The third kappa shape index (κ3) is 77.3. The van der Waals surface area contributed by atoms with Crippen LogP contribution in [0.2, 0.25) is 0 Å². The molecular formula is C89H136O17P2. The number of esters is 4. The van der Waals surface area contributed by atoms with Crippen molar-refractivity contribution in [3.05, 3.63) is 231 Å². The lowest BCUT2D eigenvalue weighted by atomic mass is 10.1. The molecule has 0 heterocycles. The molecule has 0 aliphatic rings. The van der Waals surface area contributed by atoms with Crippen molar-refractivity contribution >= 4 is 39.5 Å². The van der Waals surface area contributed by atoms with Crippen molar-refractivity contribution in [1.29, 1.82) is 0 Å². The van der Waals surface area contributed by atoms with Gasteiger partial charge in [0.05, 0.1) is 26.4 Å². The Balaban J connectivity index is 5.59. The van der Waals surface area contributed by atoms with Gasteiger partial charge in [0, 0.05) is 25.7 Å². The van der Waals surface area contributed by atoms with Gasteiger partial charge in [0.2, 0.25) is 0 Å². The summed E-state index contributed by atoms with van der Waals surface area (Å²) in [6.07, 6.45) is 101. The highest BCUT2D eigenvalue weighted by Gasteiger charge is 2.30. The van der Waals surface area contributed by atoms with Gasteiger partial charge in [-0.15, -0.1) is 0 Å². The van der Waals surface area contributed by atoms with E-state index < -0.39 is 97.5 Å². The van der Waals surface area contributed by atoms with Crippen LogP contribution in [0, 0.1) is 0 Å². The maximum absolute atomic E-state index is 13.1. The minimum atomic E-state index is -5.03. The number of hydrogen-bond donors (Lipinski definition) is 3. The van der Waals surface area contributed by atoms with Crippen LogP contribution in [-0.2, 0) is 65.4 Å². The highest BCUT2D eigenvalue weighted by molar-refractivity contribution is 7.47. The van der Waals surface area contributed by atoms with E-state index >= 15 is 0 Å². The molecule has 17 nitrogen and oxygen atoms in total. The van der Waals surface area contributed by atoms with Gasteiger partial charge in [-0.05, 0) is 180 Å². The average molecular weight is 1540 g/mol. The number of aliphatic hydroxyl groups excluding tert-OH is 1. The first kappa shape index (κ1) is 101. The van der Waals surface area contributed by atoms with Crippen LogP contribution in [0.5, 0.6) is 0 Å². The van der Waals surface area contributed by atoms with E-state index in [0.717, 1.165) is 148 Å². The number of phosphoric ester groups is 2. The number of aliphatic hydroxyl groups is 1. The molecule has 0 saturated heterocycles. The molecule has 0 fully saturated rings. The second-order valence-corrected chi connectivity index (χ2v) is 28.0. The topological polar surface area (TPSA) is 237 Å². The highest BCUT2D eigenvalue weighted by Crippen LogP contribution is 2.45. The van der Waals surface area contributed by atoms with Crippen molar-refractivity contribution in [3.63, 3.8) is 0 Å². The maximum atomic E-state index is 13.1. The van der Waals surface area contributed by atoms with Crippen LogP contribution in [0.1, 0.15) is 246 Å². The molecule has 0 aliphatic carbocycles. The van der Waals surface area contributed by atoms with Crippen molar-refractivity contribution < 1.29 is 80.2 Å². The first-order valence-corrected chi connectivity index (χ1v) is 42.6. The monoisotopic (exact) mass is 1540 g/mol. The van der Waals surface area contributed by atoms with Crippen LogP contribution in [0.4, 0.5) is 0 Å². The van der Waals surface area contributed by atoms with Crippen LogP contribution in [-0.4, -0.2) is 96.7 Å². The minimum absolute atomic E-state index is 0.00832. The van der Waals surface area contributed by atoms with Crippen molar-refractivity contribution in [2.24, 2.45) is 0 Å². The molecule has 0 aromatic rings. The van der Waals surface area contributed by atoms with E-state index in [2.05, 4.69) is 222 Å². The lowest BCUT2D eigenvalue weighted by molar-refractivity contribution is -0.161. The second-order valence-electron chi connectivity index (χ2n) is 25.1. The number of rotatable bonds is 71. The largest absolute Gasteiger partial charge is 0.472 e. The van der Waals surface area contributed by atoms with Crippen molar-refractivity contribution in [2.45, 2.75) is 264 Å². The van der Waals surface area contributed by atoms with E-state index in [1.807, 2.05) is 36.5 Å². The van der Waals surface area contributed by atoms with E-state index in [1.54, 1.807) is 0 Å². The zero-order valence-corrected chi connectivity index (χ0v) is 67.7. The second kappa shape index (κ2) is 78.2. The molecule has 0 rings (SSSR count). The normalized spacial score (nSPS) is 15.1. The number of allylic oxidation sites excluding steroid dienone is 38. The summed E-state index contributed by atoms with van der Waals surface area (Å²) in [5.74, 6) is -2.44. The molecule has 5 unspecified atom stereocenters. The summed E-state index contributed by atoms with van der Waals surface area (Å²) in [5.41, 5.74) is 0. The van der Waals surface area contributed by atoms with Crippen molar-refractivity contribution in [1.82, 2.24) is 0 Å². The Bertz CT molecular complexity index is 2960. The predicted octanol–water partition coefficient (Wildman–Crippen LogP) is 23.4. The van der Waals surface area contributed by atoms with Gasteiger partial charge < -0.3 is 33.8 Å². The van der Waals surface area contributed by atoms with E-state index in [0.29, 0.717) is 44.9 Å². The Hall–Kier alpha value is -6.88. The third-order valence-electron chi connectivity index (χ3n) is 15.1. The lowest BCUT2D eigenvalue weighted by Gasteiger charge is -2.21. The fourth-order valence-corrected chi connectivity index (χ4v) is 10.8. The third-order valence-corrected chi connectivity index (χ3v) is 17.0. The van der Waals surface area contributed by atoms with Gasteiger partial charge >= 0.3 is 39.5 Å². The number of phosphoric acid groups is 2. The number of hydrogen-bond acceptors (Lipinski definition) is 15. The number of ether oxygens (including phenoxy) is 4. The molecule has 0 amide bonds. The lowest BCUT2D eigenvalue weighted by Crippen LogP contribution is -2.30. The Kier molecular flexibility index (Phi) is 73.3. The molecular weight excluding hydrogens is 1400 g/mol. The number of carbonyl (C=O) groups is 4. The van der Waals surface area contributed by atoms with E-state index in [4.69, 9.17) is 37.0 Å². The molecule has 0 aromatic heterocycles. The first-order chi connectivity index (χ1) is 52.7. The molecule has 0 aliphatic heterocycles. The molecule has 5 atom stereocenters. The number of carbonyl (C=O) groups excluding carboxylic acids is 4. The van der Waals surface area contributed by atoms with Crippen molar-refractivity contribution in [3.8, 4) is 0 Å². The van der Waals surface area contributed by atoms with Crippen molar-refractivity contribution in [2.75, 3.05) is 39.6 Å². The standard InChI is InChI=1S/C89H136O17P2/c1-5-9-13-17-21-25-29-33-37-41-45-49-53-57-61-65-69-73-86(91)99-79-84(105-88(93)75-71-67-63-59-55-51-47-43-39-35-31-27-23-19-15-11-7-3)81-103-107(95,96)101-77-83(90)78-102-108(97,98)104-82-85(106-89(94)76-72-68-64-60-56-52-48-44-40-36-32-28-24-20-16-12-8-4)80-100-87(92)74-70-66-62-58-54-50-46-42-38-34-30-26-22-18-14-10-6-2/h9-16,21-28,33-40,45-52,57-59,61-63,83-85,90H,5-8,17-20,29-32,41-44,53-56,60,64-82H2,1-4H3,(H,95,96)(H,97,98)/b13-9-,14-10-,15-11-,16-12-,25-21-,26-22-,27-23-,28-24-,37-33-,38-34-,39-35-,40-36-,49-45-,50-46-,51-47-,52-48-,61-57-,62-58-,63-59-. The van der Waals surface area contributed by atoms with Gasteiger partial charge in [0.25, 0.3) is 0 Å². The van der Waals surface area contributed by atoms with Crippen LogP contribution in [0.3, 0.4) is 0 Å². The summed E-state index contributed by atoms with van der Waals surface area (Å²) in [6.45, 7) is 4.14. The zero-order chi connectivity index (χ0) is 78.9. The predicted molar refractivity (Wildman–Crippen MR) is 444 cm³/mol. The van der Waals surface area contributed by atoms with Crippen LogP contribution in [0.25, 0.3) is 0 Å². The minimum Gasteiger partial charge on any atom is -0.462 e. The van der Waals surface area contributed by atoms with Gasteiger partial charge in [-0.25, -0.2) is 9.13 Å². The quantitative estimate of drug-likeness (QED) is 0.0169. The summed E-state index contributed by atoms with van der Waals surface area (Å²) in [4.78, 5) is 73.0. The summed E-state index contributed by atoms with van der Waals surface area (Å²) in [5, 5.41) is 10.6. The van der Waals surface area contributed by atoms with E-state index in [1.165, 1.54) is 0 Å². The van der Waals surface area contributed by atoms with Gasteiger partial charge in [-0.1, -0.05) is 271 Å². The molecule has 108 heavy (non-hydrogen) atoms. The van der Waals surface area contributed by atoms with Gasteiger partial charge in [-0.2, -0.15) is 0 Å². The zero-order valence-electron chi connectivity index (χ0n) is 65.9. The smallest absolute Gasteiger partial charge is 0.462 e. The molecule has 604 valence electrons. The Morgan fingerprint density at radius 3 is 0.722 bits per heavy atom. The average Bonchev–Trinajstić information content (AvgIpc) is 0.880. The maximum Gasteiger partial charge on any atom is 0.472 e. The SMILES string of the molecule is CC/C=C\C/C=C\C/C=C\C/C=C\C/C=C\CCCC(=O)OCC(COP(=O)(O)OCC(O)COP(=O)(O)OCC(COC(=O)CCC/C=C\C/C=C\C/C=C\C/C=C\C/C=C\CC)OC(=O)CCCCCC/C=C\C/C=C\C/C=C\C/C=C\CC)OC(=O)CCC/C=C\C/C=C\C/C=C\C/C=C\C/C=C\CC. The van der Waals surface area contributed by atoms with Gasteiger partial charge in [-0.3, -0.25) is 37.3 Å². The molecule has 3 N–H and O–H groups in total. The summed E-state index contributed by atoms with van der Waals surface area (Å²) in [7, 11) is -10.0. The first-order valence-electron chi connectivity index (χ1n) is 39.6. The highest BCUT2D eigenvalue weighted by atomic mass is 31.2. The molecule has 0 bridgehead atoms. The fourth-order valence-electron chi connectivity index (χ4n) is 9.26. The molecule has 0 radical (unpaired) electrons. The van der Waals surface area contributed by atoms with Gasteiger partial charge in [0.15, 0.2) is 12.2 Å². The Morgan fingerprint density at radius 1 is 0.259 bits per heavy atom.